The summed E-state index contributed by atoms with van der Waals surface area (Å²) in [5.41, 5.74) is 2.81. The Morgan fingerprint density at radius 3 is 2.61 bits per heavy atom. The Kier molecular flexibility index (Phi) is 3.96. The van der Waals surface area contributed by atoms with Gasteiger partial charge in [0.1, 0.15) is 5.75 Å². The second-order valence-corrected chi connectivity index (χ2v) is 6.01. The zero-order valence-corrected chi connectivity index (χ0v) is 12.0. The van der Waals surface area contributed by atoms with Gasteiger partial charge in [0.2, 0.25) is 0 Å². The minimum atomic E-state index is 0.122. The molecule has 1 aromatic rings. The van der Waals surface area contributed by atoms with Crippen LogP contribution in [0.15, 0.2) is 18.2 Å². The van der Waals surface area contributed by atoms with Crippen molar-refractivity contribution in [2.75, 3.05) is 13.2 Å². The highest BCUT2D eigenvalue weighted by Gasteiger charge is 2.23. The number of aryl methyl sites for hydroxylation is 1. The fourth-order valence-corrected chi connectivity index (χ4v) is 2.16. The summed E-state index contributed by atoms with van der Waals surface area (Å²) in [6.45, 7) is 10.4. The Morgan fingerprint density at radius 1 is 1.33 bits per heavy atom. The first-order chi connectivity index (χ1) is 8.50. The Bertz CT molecular complexity index is 400. The van der Waals surface area contributed by atoms with Crippen LogP contribution >= 0.6 is 0 Å². The third-order valence-corrected chi connectivity index (χ3v) is 3.31. The highest BCUT2D eigenvalue weighted by molar-refractivity contribution is 5.41. The summed E-state index contributed by atoms with van der Waals surface area (Å²) in [6.07, 6.45) is 2.74. The molecule has 1 saturated heterocycles. The second kappa shape index (κ2) is 5.31. The SMILES string of the molecule is CCOc1ccc(CCC2CO2)cc1C(C)(C)C. The van der Waals surface area contributed by atoms with Gasteiger partial charge < -0.3 is 9.47 Å². The van der Waals surface area contributed by atoms with Gasteiger partial charge in [-0.3, -0.25) is 0 Å². The summed E-state index contributed by atoms with van der Waals surface area (Å²) in [5, 5.41) is 0. The van der Waals surface area contributed by atoms with E-state index in [1.165, 1.54) is 11.1 Å². The van der Waals surface area contributed by atoms with Crippen molar-refractivity contribution in [1.82, 2.24) is 0 Å². The highest BCUT2D eigenvalue weighted by atomic mass is 16.6. The number of hydrogen-bond donors (Lipinski definition) is 0. The molecule has 0 aromatic heterocycles. The average molecular weight is 248 g/mol. The smallest absolute Gasteiger partial charge is 0.123 e. The van der Waals surface area contributed by atoms with Crippen LogP contribution in [-0.2, 0) is 16.6 Å². The molecular formula is C16H24O2. The first-order valence-electron chi connectivity index (χ1n) is 6.88. The van der Waals surface area contributed by atoms with Crippen molar-refractivity contribution in [3.05, 3.63) is 29.3 Å². The maximum Gasteiger partial charge on any atom is 0.123 e. The normalized spacial score (nSPS) is 18.8. The lowest BCUT2D eigenvalue weighted by atomic mass is 9.85. The molecule has 2 nitrogen and oxygen atoms in total. The van der Waals surface area contributed by atoms with E-state index in [4.69, 9.17) is 9.47 Å². The first-order valence-corrected chi connectivity index (χ1v) is 6.88. The van der Waals surface area contributed by atoms with Gasteiger partial charge in [-0.1, -0.05) is 32.9 Å². The third kappa shape index (κ3) is 3.49. The van der Waals surface area contributed by atoms with Gasteiger partial charge in [-0.05, 0) is 42.4 Å². The molecule has 1 heterocycles. The summed E-state index contributed by atoms with van der Waals surface area (Å²) in [7, 11) is 0. The van der Waals surface area contributed by atoms with Crippen LogP contribution in [-0.4, -0.2) is 19.3 Å². The number of benzene rings is 1. The molecule has 1 unspecified atom stereocenters. The average Bonchev–Trinajstić information content (AvgIpc) is 3.10. The van der Waals surface area contributed by atoms with Crippen LogP contribution in [0.25, 0.3) is 0 Å². The molecule has 0 N–H and O–H groups in total. The van der Waals surface area contributed by atoms with Crippen LogP contribution in [0.1, 0.15) is 45.2 Å². The summed E-state index contributed by atoms with van der Waals surface area (Å²) < 4.78 is 11.0. The van der Waals surface area contributed by atoms with Crippen molar-refractivity contribution >= 4 is 0 Å². The lowest BCUT2D eigenvalue weighted by Gasteiger charge is -2.23. The molecule has 0 amide bonds. The standard InChI is InChI=1S/C16H24O2/c1-5-17-15-9-7-12(6-8-13-11-18-13)10-14(15)16(2,3)4/h7,9-10,13H,5-6,8,11H2,1-4H3. The number of rotatable bonds is 5. The Labute approximate surface area is 110 Å². The predicted octanol–water partition coefficient (Wildman–Crippen LogP) is 3.71. The predicted molar refractivity (Wildman–Crippen MR) is 74.4 cm³/mol. The quantitative estimate of drug-likeness (QED) is 0.741. The maximum atomic E-state index is 5.73. The van der Waals surface area contributed by atoms with Gasteiger partial charge in [-0.2, -0.15) is 0 Å². The van der Waals surface area contributed by atoms with Crippen molar-refractivity contribution in [3.63, 3.8) is 0 Å². The Balaban J connectivity index is 2.17. The van der Waals surface area contributed by atoms with Gasteiger partial charge in [0.15, 0.2) is 0 Å². The molecule has 1 atom stereocenters. The summed E-state index contributed by atoms with van der Waals surface area (Å²) >= 11 is 0. The van der Waals surface area contributed by atoms with Crippen molar-refractivity contribution < 1.29 is 9.47 Å². The molecule has 0 saturated carbocycles. The molecule has 1 fully saturated rings. The molecule has 0 radical (unpaired) electrons. The van der Waals surface area contributed by atoms with Crippen LogP contribution in [0.2, 0.25) is 0 Å². The minimum absolute atomic E-state index is 0.122. The van der Waals surface area contributed by atoms with E-state index in [0.717, 1.165) is 31.8 Å². The molecular weight excluding hydrogens is 224 g/mol. The van der Waals surface area contributed by atoms with Gasteiger partial charge >= 0.3 is 0 Å². The molecule has 0 spiro atoms. The van der Waals surface area contributed by atoms with Crippen molar-refractivity contribution in [3.8, 4) is 5.75 Å². The van der Waals surface area contributed by atoms with Crippen LogP contribution in [0.5, 0.6) is 5.75 Å². The lowest BCUT2D eigenvalue weighted by molar-refractivity contribution is 0.329. The minimum Gasteiger partial charge on any atom is -0.494 e. The molecule has 1 aliphatic rings. The van der Waals surface area contributed by atoms with Crippen molar-refractivity contribution in [2.45, 2.75) is 52.1 Å². The first kappa shape index (κ1) is 13.4. The lowest BCUT2D eigenvalue weighted by Crippen LogP contribution is -2.14. The fraction of sp³-hybridized carbons (Fsp3) is 0.625. The van der Waals surface area contributed by atoms with Crippen LogP contribution in [0, 0.1) is 0 Å². The van der Waals surface area contributed by atoms with Gasteiger partial charge in [0.05, 0.1) is 19.3 Å². The molecule has 2 rings (SSSR count). The second-order valence-electron chi connectivity index (χ2n) is 6.01. The van der Waals surface area contributed by atoms with E-state index in [1.807, 2.05) is 6.92 Å². The highest BCUT2D eigenvalue weighted by Crippen LogP contribution is 2.32. The molecule has 0 bridgehead atoms. The number of hydrogen-bond acceptors (Lipinski definition) is 2. The van der Waals surface area contributed by atoms with Crippen LogP contribution in [0.3, 0.4) is 0 Å². The molecule has 2 heteroatoms. The fourth-order valence-electron chi connectivity index (χ4n) is 2.16. The molecule has 18 heavy (non-hydrogen) atoms. The summed E-state index contributed by atoms with van der Waals surface area (Å²) in [5.74, 6) is 1.02. The van der Waals surface area contributed by atoms with E-state index in [0.29, 0.717) is 6.10 Å². The van der Waals surface area contributed by atoms with E-state index < -0.39 is 0 Å². The van der Waals surface area contributed by atoms with E-state index in [-0.39, 0.29) is 5.41 Å². The summed E-state index contributed by atoms with van der Waals surface area (Å²) in [4.78, 5) is 0. The van der Waals surface area contributed by atoms with Crippen molar-refractivity contribution in [2.24, 2.45) is 0 Å². The monoisotopic (exact) mass is 248 g/mol. The molecule has 100 valence electrons. The van der Waals surface area contributed by atoms with Gasteiger partial charge in [0, 0.05) is 0 Å². The molecule has 0 aliphatic carbocycles. The molecule has 1 aliphatic heterocycles. The number of epoxide rings is 1. The van der Waals surface area contributed by atoms with E-state index >= 15 is 0 Å². The van der Waals surface area contributed by atoms with Crippen LogP contribution in [0.4, 0.5) is 0 Å². The zero-order valence-electron chi connectivity index (χ0n) is 12.0. The van der Waals surface area contributed by atoms with Crippen molar-refractivity contribution in [1.29, 1.82) is 0 Å². The summed E-state index contributed by atoms with van der Waals surface area (Å²) in [6, 6.07) is 6.60. The largest absolute Gasteiger partial charge is 0.494 e. The Hall–Kier alpha value is -1.02. The maximum absolute atomic E-state index is 5.73. The van der Waals surface area contributed by atoms with Crippen LogP contribution < -0.4 is 4.74 Å². The Morgan fingerprint density at radius 2 is 2.06 bits per heavy atom. The van der Waals surface area contributed by atoms with Gasteiger partial charge in [-0.15, -0.1) is 0 Å². The zero-order chi connectivity index (χ0) is 13.2. The van der Waals surface area contributed by atoms with Gasteiger partial charge in [0.25, 0.3) is 0 Å². The van der Waals surface area contributed by atoms with E-state index in [2.05, 4.69) is 39.0 Å². The number of ether oxygens (including phenoxy) is 2. The van der Waals surface area contributed by atoms with E-state index in [1.54, 1.807) is 0 Å². The topological polar surface area (TPSA) is 21.8 Å². The third-order valence-electron chi connectivity index (χ3n) is 3.31. The van der Waals surface area contributed by atoms with E-state index in [9.17, 15) is 0 Å². The molecule has 1 aromatic carbocycles. The van der Waals surface area contributed by atoms with Gasteiger partial charge in [-0.25, -0.2) is 0 Å².